The predicted octanol–water partition coefficient (Wildman–Crippen LogP) is 0.400. The molecule has 0 aliphatic rings. The van der Waals surface area contributed by atoms with Gasteiger partial charge in [0, 0.05) is 6.42 Å². The maximum absolute atomic E-state index is 10.5. The number of halogens is 1. The van der Waals surface area contributed by atoms with Gasteiger partial charge >= 0.3 is 5.97 Å². The molecule has 78 valence electrons. The van der Waals surface area contributed by atoms with Crippen molar-refractivity contribution in [2.45, 2.75) is 12.5 Å². The third-order valence-electron chi connectivity index (χ3n) is 1.59. The number of rotatable bonds is 4. The molecule has 0 saturated heterocycles. The normalized spacial score (nSPS) is 12.5. The molecule has 1 aromatic heterocycles. The van der Waals surface area contributed by atoms with Crippen LogP contribution in [-0.2, 0) is 11.2 Å². The van der Waals surface area contributed by atoms with Crippen molar-refractivity contribution >= 4 is 21.9 Å². The molecule has 0 aliphatic carbocycles. The van der Waals surface area contributed by atoms with Crippen LogP contribution in [0.1, 0.15) is 5.76 Å². The molecule has 1 atom stereocenters. The van der Waals surface area contributed by atoms with E-state index in [1.54, 1.807) is 0 Å². The van der Waals surface area contributed by atoms with Crippen molar-refractivity contribution in [3.8, 4) is 5.88 Å². The molecule has 14 heavy (non-hydrogen) atoms. The molecule has 7 heteroatoms. The minimum atomic E-state index is -1.09. The Morgan fingerprint density at radius 3 is 2.93 bits per heavy atom. The summed E-state index contributed by atoms with van der Waals surface area (Å²) in [6.07, 6.45) is 0.0618. The maximum Gasteiger partial charge on any atom is 0.320 e. The number of hydrogen-bond acceptors (Lipinski definition) is 5. The van der Waals surface area contributed by atoms with Crippen LogP contribution in [-0.4, -0.2) is 29.4 Å². The van der Waals surface area contributed by atoms with Crippen LogP contribution < -0.4 is 10.5 Å². The summed E-state index contributed by atoms with van der Waals surface area (Å²) < 4.78 is 10.2. The Labute approximate surface area is 88.1 Å². The van der Waals surface area contributed by atoms with Crippen LogP contribution in [0.5, 0.6) is 5.88 Å². The van der Waals surface area contributed by atoms with Gasteiger partial charge in [0.2, 0.25) is 0 Å². The first-order valence-corrected chi connectivity index (χ1v) is 4.52. The van der Waals surface area contributed by atoms with E-state index in [4.69, 9.17) is 20.1 Å². The van der Waals surface area contributed by atoms with E-state index in [2.05, 4.69) is 21.1 Å². The van der Waals surface area contributed by atoms with E-state index in [1.807, 2.05) is 0 Å². The fraction of sp³-hybridized carbons (Fsp3) is 0.429. The first kappa shape index (κ1) is 11.0. The molecular formula is C7H9BrN2O4. The molecule has 0 bridgehead atoms. The quantitative estimate of drug-likeness (QED) is 0.817. The second-order valence-corrected chi connectivity index (χ2v) is 3.37. The van der Waals surface area contributed by atoms with Crippen LogP contribution in [0.3, 0.4) is 0 Å². The number of aromatic nitrogens is 1. The van der Waals surface area contributed by atoms with Gasteiger partial charge in [0.1, 0.15) is 10.5 Å². The van der Waals surface area contributed by atoms with E-state index < -0.39 is 12.0 Å². The number of methoxy groups -OCH3 is 1. The molecular weight excluding hydrogens is 256 g/mol. The summed E-state index contributed by atoms with van der Waals surface area (Å²) in [4.78, 5) is 10.5. The van der Waals surface area contributed by atoms with Gasteiger partial charge in [-0.3, -0.25) is 4.79 Å². The smallest absolute Gasteiger partial charge is 0.320 e. The molecule has 1 rings (SSSR count). The van der Waals surface area contributed by atoms with Crippen LogP contribution >= 0.6 is 15.9 Å². The molecule has 0 fully saturated rings. The lowest BCUT2D eigenvalue weighted by Crippen LogP contribution is -2.32. The summed E-state index contributed by atoms with van der Waals surface area (Å²) in [5, 5.41) is 12.1. The molecule has 1 heterocycles. The SMILES string of the molecule is COc1noc(C[C@H](N)C(=O)O)c1Br. The standard InChI is InChI=1S/C7H9BrN2O4/c1-13-6-5(8)4(14-10-6)2-3(9)7(11)12/h3H,2,9H2,1H3,(H,11,12)/t3-/m0/s1. The summed E-state index contributed by atoms with van der Waals surface area (Å²) >= 11 is 3.16. The van der Waals surface area contributed by atoms with Crippen LogP contribution in [0.2, 0.25) is 0 Å². The number of carbonyl (C=O) groups is 1. The number of carboxylic acid groups (broad SMARTS) is 1. The van der Waals surface area contributed by atoms with Crippen molar-refractivity contribution in [3.05, 3.63) is 10.2 Å². The first-order valence-electron chi connectivity index (χ1n) is 3.72. The topological polar surface area (TPSA) is 98.6 Å². The molecule has 3 N–H and O–H groups in total. The van der Waals surface area contributed by atoms with Crippen molar-refractivity contribution < 1.29 is 19.2 Å². The van der Waals surface area contributed by atoms with E-state index in [1.165, 1.54) is 7.11 Å². The number of ether oxygens (including phenoxy) is 1. The molecule has 0 aromatic carbocycles. The Hall–Kier alpha value is -1.08. The minimum absolute atomic E-state index is 0.0618. The summed E-state index contributed by atoms with van der Waals surface area (Å²) in [6, 6.07) is -1.01. The second-order valence-electron chi connectivity index (χ2n) is 2.58. The van der Waals surface area contributed by atoms with Gasteiger partial charge in [0.15, 0.2) is 5.76 Å². The monoisotopic (exact) mass is 264 g/mol. The highest BCUT2D eigenvalue weighted by molar-refractivity contribution is 9.10. The van der Waals surface area contributed by atoms with Crippen molar-refractivity contribution in [1.82, 2.24) is 5.16 Å². The third kappa shape index (κ3) is 2.24. The highest BCUT2D eigenvalue weighted by atomic mass is 79.9. The zero-order valence-electron chi connectivity index (χ0n) is 7.36. The lowest BCUT2D eigenvalue weighted by molar-refractivity contribution is -0.138. The van der Waals surface area contributed by atoms with E-state index in [-0.39, 0.29) is 12.3 Å². The Morgan fingerprint density at radius 1 is 1.86 bits per heavy atom. The molecule has 0 spiro atoms. The largest absolute Gasteiger partial charge is 0.480 e. The zero-order valence-corrected chi connectivity index (χ0v) is 8.94. The fourth-order valence-electron chi connectivity index (χ4n) is 0.837. The van der Waals surface area contributed by atoms with Crippen LogP contribution in [0.25, 0.3) is 0 Å². The Bertz CT molecular complexity index is 338. The van der Waals surface area contributed by atoms with Gasteiger partial charge < -0.3 is 20.1 Å². The molecule has 6 nitrogen and oxygen atoms in total. The van der Waals surface area contributed by atoms with E-state index >= 15 is 0 Å². The van der Waals surface area contributed by atoms with Crippen molar-refractivity contribution in [1.29, 1.82) is 0 Å². The molecule has 0 aliphatic heterocycles. The number of hydrogen-bond donors (Lipinski definition) is 2. The molecule has 1 aromatic rings. The summed E-state index contributed by atoms with van der Waals surface area (Å²) in [6.45, 7) is 0. The van der Waals surface area contributed by atoms with Crippen LogP contribution in [0.4, 0.5) is 0 Å². The van der Waals surface area contributed by atoms with Crippen molar-refractivity contribution in [3.63, 3.8) is 0 Å². The van der Waals surface area contributed by atoms with Gasteiger partial charge in [-0.1, -0.05) is 0 Å². The third-order valence-corrected chi connectivity index (χ3v) is 2.37. The van der Waals surface area contributed by atoms with E-state index in [0.717, 1.165) is 0 Å². The maximum atomic E-state index is 10.5. The van der Waals surface area contributed by atoms with Gasteiger partial charge in [0.05, 0.1) is 7.11 Å². The summed E-state index contributed by atoms with van der Waals surface area (Å²) in [7, 11) is 1.43. The van der Waals surface area contributed by atoms with Gasteiger partial charge in [-0.05, 0) is 21.1 Å². The number of nitrogens with zero attached hydrogens (tertiary/aromatic N) is 1. The Morgan fingerprint density at radius 2 is 2.50 bits per heavy atom. The average molecular weight is 265 g/mol. The average Bonchev–Trinajstić information content (AvgIpc) is 2.47. The van der Waals surface area contributed by atoms with E-state index in [0.29, 0.717) is 10.2 Å². The van der Waals surface area contributed by atoms with Gasteiger partial charge in [-0.2, -0.15) is 0 Å². The van der Waals surface area contributed by atoms with Gasteiger partial charge in [-0.25, -0.2) is 0 Å². The van der Waals surface area contributed by atoms with Crippen LogP contribution in [0, 0.1) is 0 Å². The lowest BCUT2D eigenvalue weighted by atomic mass is 10.2. The number of carboxylic acids is 1. The summed E-state index contributed by atoms with van der Waals surface area (Å²) in [5.41, 5.74) is 5.32. The predicted molar refractivity (Wildman–Crippen MR) is 50.1 cm³/mol. The first-order chi connectivity index (χ1) is 6.56. The molecule has 0 saturated carbocycles. The Balaban J connectivity index is 2.77. The lowest BCUT2D eigenvalue weighted by Gasteiger charge is -2.02. The zero-order chi connectivity index (χ0) is 10.7. The van der Waals surface area contributed by atoms with Gasteiger partial charge in [-0.15, -0.1) is 0 Å². The minimum Gasteiger partial charge on any atom is -0.480 e. The summed E-state index contributed by atoms with van der Waals surface area (Å²) in [5.74, 6) is -0.457. The van der Waals surface area contributed by atoms with Gasteiger partial charge in [0.25, 0.3) is 5.88 Å². The fourth-order valence-corrected chi connectivity index (χ4v) is 1.31. The highest BCUT2D eigenvalue weighted by Crippen LogP contribution is 2.28. The van der Waals surface area contributed by atoms with E-state index in [9.17, 15) is 4.79 Å². The highest BCUT2D eigenvalue weighted by Gasteiger charge is 2.20. The van der Waals surface area contributed by atoms with Crippen LogP contribution in [0.15, 0.2) is 9.00 Å². The number of aliphatic carboxylic acids is 1. The Kier molecular flexibility index (Phi) is 3.48. The van der Waals surface area contributed by atoms with Crippen molar-refractivity contribution in [2.24, 2.45) is 5.73 Å². The molecule has 0 unspecified atom stereocenters. The molecule has 0 amide bonds. The second kappa shape index (κ2) is 4.43. The molecule has 0 radical (unpaired) electrons. The van der Waals surface area contributed by atoms with Crippen molar-refractivity contribution in [2.75, 3.05) is 7.11 Å². The number of nitrogens with two attached hydrogens (primary N) is 1.